The van der Waals surface area contributed by atoms with Gasteiger partial charge in [0.2, 0.25) is 0 Å². The highest BCUT2D eigenvalue weighted by molar-refractivity contribution is 5.87. The van der Waals surface area contributed by atoms with E-state index in [2.05, 4.69) is 10.3 Å². The molecule has 1 aliphatic heterocycles. The van der Waals surface area contributed by atoms with Gasteiger partial charge in [-0.1, -0.05) is 6.92 Å². The van der Waals surface area contributed by atoms with Crippen LogP contribution in [0, 0.1) is 0 Å². The molecule has 2 N–H and O–H groups in total. The van der Waals surface area contributed by atoms with Gasteiger partial charge in [-0.15, -0.1) is 0 Å². The van der Waals surface area contributed by atoms with Gasteiger partial charge in [-0.3, -0.25) is 4.99 Å². The van der Waals surface area contributed by atoms with Gasteiger partial charge in [-0.05, 0) is 6.42 Å². The molecule has 0 aromatic heterocycles. The number of hydrogen-bond donors (Lipinski definition) is 2. The zero-order chi connectivity index (χ0) is 8.27. The minimum Gasteiger partial charge on any atom is -0.480 e. The number of amidine groups is 1. The maximum Gasteiger partial charge on any atom is 0.326 e. The average Bonchev–Trinajstić information content (AvgIpc) is 2.05. The van der Waals surface area contributed by atoms with E-state index >= 15 is 0 Å². The Morgan fingerprint density at radius 2 is 2.64 bits per heavy atom. The van der Waals surface area contributed by atoms with E-state index in [1.807, 2.05) is 6.92 Å². The summed E-state index contributed by atoms with van der Waals surface area (Å²) in [7, 11) is 0. The van der Waals surface area contributed by atoms with Gasteiger partial charge in [0.25, 0.3) is 0 Å². The van der Waals surface area contributed by atoms with Gasteiger partial charge in [-0.2, -0.15) is 0 Å². The first-order chi connectivity index (χ1) is 5.24. The lowest BCUT2D eigenvalue weighted by molar-refractivity contribution is -0.139. The van der Waals surface area contributed by atoms with E-state index < -0.39 is 12.0 Å². The summed E-state index contributed by atoms with van der Waals surface area (Å²) in [6, 6.07) is -0.428. The predicted molar refractivity (Wildman–Crippen MR) is 41.8 cm³/mol. The molecule has 0 amide bonds. The summed E-state index contributed by atoms with van der Waals surface area (Å²) in [5.41, 5.74) is 0. The molecular weight excluding hydrogens is 144 g/mol. The maximum atomic E-state index is 10.5. The molecule has 0 aromatic rings. The standard InChI is InChI=1S/C7H12N2O2/c1-2-6-8-4-3-5(9-6)7(10)11/h5H,2-4H2,1H3,(H,8,9)(H,10,11)/t5-/m1/s1. The fourth-order valence-corrected chi connectivity index (χ4v) is 1.05. The number of nitrogens with one attached hydrogen (secondary N) is 1. The van der Waals surface area contributed by atoms with Crippen molar-refractivity contribution < 1.29 is 9.90 Å². The van der Waals surface area contributed by atoms with Crippen molar-refractivity contribution in [3.63, 3.8) is 0 Å². The average molecular weight is 156 g/mol. The molecule has 11 heavy (non-hydrogen) atoms. The number of nitrogens with zero attached hydrogens (tertiary/aromatic N) is 1. The highest BCUT2D eigenvalue weighted by Crippen LogP contribution is 2.01. The molecule has 0 aromatic carbocycles. The van der Waals surface area contributed by atoms with Crippen molar-refractivity contribution in [1.29, 1.82) is 0 Å². The first-order valence-electron chi connectivity index (χ1n) is 3.76. The van der Waals surface area contributed by atoms with Crippen molar-refractivity contribution in [3.8, 4) is 0 Å². The van der Waals surface area contributed by atoms with Crippen molar-refractivity contribution in [2.75, 3.05) is 6.54 Å². The van der Waals surface area contributed by atoms with Crippen LogP contribution in [0.3, 0.4) is 0 Å². The van der Waals surface area contributed by atoms with Crippen LogP contribution in [0.15, 0.2) is 4.99 Å². The van der Waals surface area contributed by atoms with Crippen LogP contribution < -0.4 is 5.32 Å². The van der Waals surface area contributed by atoms with Crippen molar-refractivity contribution >= 4 is 11.8 Å². The van der Waals surface area contributed by atoms with E-state index in [1.165, 1.54) is 0 Å². The van der Waals surface area contributed by atoms with E-state index in [1.54, 1.807) is 0 Å². The Kier molecular flexibility index (Phi) is 2.46. The third kappa shape index (κ3) is 1.93. The quantitative estimate of drug-likeness (QED) is 0.602. The minimum atomic E-state index is -0.786. The lowest BCUT2D eigenvalue weighted by Crippen LogP contribution is -2.43. The number of carboxylic acid groups (broad SMARTS) is 1. The zero-order valence-electron chi connectivity index (χ0n) is 6.50. The molecule has 0 spiro atoms. The third-order valence-corrected chi connectivity index (χ3v) is 1.69. The van der Waals surface area contributed by atoms with Gasteiger partial charge in [0, 0.05) is 13.0 Å². The molecule has 0 saturated carbocycles. The molecule has 1 atom stereocenters. The SMILES string of the molecule is CCC1=NCC[C@H](C(=O)O)N1. The molecule has 0 bridgehead atoms. The van der Waals surface area contributed by atoms with Crippen LogP contribution >= 0.6 is 0 Å². The Morgan fingerprint density at radius 3 is 3.18 bits per heavy atom. The topological polar surface area (TPSA) is 61.7 Å². The van der Waals surface area contributed by atoms with Gasteiger partial charge in [0.15, 0.2) is 0 Å². The van der Waals surface area contributed by atoms with E-state index in [4.69, 9.17) is 5.11 Å². The van der Waals surface area contributed by atoms with E-state index in [0.717, 1.165) is 12.3 Å². The van der Waals surface area contributed by atoms with Crippen LogP contribution in [-0.2, 0) is 4.79 Å². The highest BCUT2D eigenvalue weighted by atomic mass is 16.4. The molecule has 62 valence electrons. The van der Waals surface area contributed by atoms with Crippen LogP contribution in [0.25, 0.3) is 0 Å². The largest absolute Gasteiger partial charge is 0.480 e. The van der Waals surface area contributed by atoms with Crippen LogP contribution in [0.4, 0.5) is 0 Å². The Morgan fingerprint density at radius 1 is 1.91 bits per heavy atom. The van der Waals surface area contributed by atoms with Crippen molar-refractivity contribution in [3.05, 3.63) is 0 Å². The summed E-state index contributed by atoms with van der Waals surface area (Å²) < 4.78 is 0. The summed E-state index contributed by atoms with van der Waals surface area (Å²) in [5.74, 6) is 0.0227. The second kappa shape index (κ2) is 3.37. The van der Waals surface area contributed by atoms with Gasteiger partial charge in [0.05, 0.1) is 5.84 Å². The van der Waals surface area contributed by atoms with Crippen LogP contribution in [0.1, 0.15) is 19.8 Å². The molecule has 1 rings (SSSR count). The number of carboxylic acids is 1. The predicted octanol–water partition coefficient (Wildman–Crippen LogP) is 0.241. The molecule has 1 aliphatic rings. The highest BCUT2D eigenvalue weighted by Gasteiger charge is 2.20. The smallest absolute Gasteiger partial charge is 0.326 e. The second-order valence-corrected chi connectivity index (χ2v) is 2.51. The summed E-state index contributed by atoms with van der Waals surface area (Å²) >= 11 is 0. The molecule has 1 heterocycles. The first kappa shape index (κ1) is 8.04. The molecule has 0 saturated heterocycles. The normalized spacial score (nSPS) is 23.7. The van der Waals surface area contributed by atoms with Crippen molar-refractivity contribution in [2.45, 2.75) is 25.8 Å². The molecule has 0 fully saturated rings. The van der Waals surface area contributed by atoms with E-state index in [0.29, 0.717) is 13.0 Å². The zero-order valence-corrected chi connectivity index (χ0v) is 6.50. The van der Waals surface area contributed by atoms with E-state index in [9.17, 15) is 4.79 Å². The number of aliphatic carboxylic acids is 1. The van der Waals surface area contributed by atoms with Gasteiger partial charge in [-0.25, -0.2) is 4.79 Å². The fourth-order valence-electron chi connectivity index (χ4n) is 1.05. The molecule has 4 heteroatoms. The number of aliphatic imine (C=N–C) groups is 1. The lowest BCUT2D eigenvalue weighted by Gasteiger charge is -2.20. The molecule has 0 radical (unpaired) electrons. The Bertz CT molecular complexity index is 189. The molecular formula is C7H12N2O2. The molecule has 0 unspecified atom stereocenters. The minimum absolute atomic E-state index is 0.428. The number of carbonyl (C=O) groups is 1. The van der Waals surface area contributed by atoms with Crippen molar-refractivity contribution in [2.24, 2.45) is 4.99 Å². The van der Waals surface area contributed by atoms with Gasteiger partial charge in [0.1, 0.15) is 6.04 Å². The summed E-state index contributed by atoms with van der Waals surface area (Å²) in [6.07, 6.45) is 1.38. The second-order valence-electron chi connectivity index (χ2n) is 2.51. The van der Waals surface area contributed by atoms with E-state index in [-0.39, 0.29) is 0 Å². The Balaban J connectivity index is 2.53. The number of rotatable bonds is 2. The maximum absolute atomic E-state index is 10.5. The number of hydrogen-bond acceptors (Lipinski definition) is 3. The van der Waals surface area contributed by atoms with Gasteiger partial charge < -0.3 is 10.4 Å². The first-order valence-corrected chi connectivity index (χ1v) is 3.76. The van der Waals surface area contributed by atoms with Crippen LogP contribution in [-0.4, -0.2) is 29.5 Å². The molecule has 4 nitrogen and oxygen atoms in total. The molecule has 0 aliphatic carbocycles. The summed E-state index contributed by atoms with van der Waals surface area (Å²) in [4.78, 5) is 14.6. The van der Waals surface area contributed by atoms with Crippen molar-refractivity contribution in [1.82, 2.24) is 5.32 Å². The monoisotopic (exact) mass is 156 g/mol. The van der Waals surface area contributed by atoms with Gasteiger partial charge >= 0.3 is 5.97 Å². The summed E-state index contributed by atoms with van der Waals surface area (Å²) in [5, 5.41) is 11.5. The fraction of sp³-hybridized carbons (Fsp3) is 0.714. The summed E-state index contributed by atoms with van der Waals surface area (Å²) in [6.45, 7) is 2.59. The van der Waals surface area contributed by atoms with Crippen LogP contribution in [0.5, 0.6) is 0 Å². The lowest BCUT2D eigenvalue weighted by atomic mass is 10.1. The van der Waals surface area contributed by atoms with Crippen LogP contribution in [0.2, 0.25) is 0 Å². The third-order valence-electron chi connectivity index (χ3n) is 1.69. The Labute approximate surface area is 65.3 Å². The Hall–Kier alpha value is -1.06.